The Balaban J connectivity index is 2.42. The lowest BCUT2D eigenvalue weighted by Crippen LogP contribution is -2.09. The molecule has 0 saturated heterocycles. The monoisotopic (exact) mass is 232 g/mol. The number of ether oxygens (including phenoxy) is 3. The molecule has 0 atom stereocenters. The second-order valence-corrected chi connectivity index (χ2v) is 3.11. The highest BCUT2D eigenvalue weighted by molar-refractivity contribution is 5.39. The minimum atomic E-state index is -2.75. The zero-order valence-corrected chi connectivity index (χ0v) is 9.20. The standard InChI is InChI=1S/C11H14F2O3/c1-8-3-4-9(7-10(8)14-2)15-5-6-16-11(12)13/h3-4,7,11H,5-6H2,1-2H3. The van der Waals surface area contributed by atoms with Crippen LogP contribution < -0.4 is 9.47 Å². The summed E-state index contributed by atoms with van der Waals surface area (Å²) in [6.45, 7) is -0.913. The van der Waals surface area contributed by atoms with Crippen molar-refractivity contribution in [3.8, 4) is 11.5 Å². The molecule has 3 nitrogen and oxygen atoms in total. The number of methoxy groups -OCH3 is 1. The van der Waals surface area contributed by atoms with Crippen LogP contribution in [0.1, 0.15) is 5.56 Å². The molecule has 0 aromatic heterocycles. The summed E-state index contributed by atoms with van der Waals surface area (Å²) in [5.41, 5.74) is 0.985. The van der Waals surface area contributed by atoms with Crippen molar-refractivity contribution < 1.29 is 23.0 Å². The number of hydrogen-bond donors (Lipinski definition) is 0. The minimum Gasteiger partial charge on any atom is -0.496 e. The maximum atomic E-state index is 11.6. The summed E-state index contributed by atoms with van der Waals surface area (Å²) in [5, 5.41) is 0. The van der Waals surface area contributed by atoms with Crippen LogP contribution in [-0.2, 0) is 4.74 Å². The van der Waals surface area contributed by atoms with E-state index >= 15 is 0 Å². The quantitative estimate of drug-likeness (QED) is 0.705. The van der Waals surface area contributed by atoms with Crippen molar-refractivity contribution in [3.63, 3.8) is 0 Å². The third kappa shape index (κ3) is 4.02. The van der Waals surface area contributed by atoms with Crippen LogP contribution in [-0.4, -0.2) is 26.9 Å². The Morgan fingerprint density at radius 3 is 2.62 bits per heavy atom. The van der Waals surface area contributed by atoms with Gasteiger partial charge in [0, 0.05) is 6.07 Å². The lowest BCUT2D eigenvalue weighted by molar-refractivity contribution is -0.133. The first-order chi connectivity index (χ1) is 7.63. The third-order valence-electron chi connectivity index (χ3n) is 1.98. The Labute approximate surface area is 92.9 Å². The lowest BCUT2D eigenvalue weighted by atomic mass is 10.2. The van der Waals surface area contributed by atoms with E-state index in [1.165, 1.54) is 0 Å². The van der Waals surface area contributed by atoms with Gasteiger partial charge in [-0.25, -0.2) is 0 Å². The van der Waals surface area contributed by atoms with Crippen LogP contribution in [0.25, 0.3) is 0 Å². The van der Waals surface area contributed by atoms with Crippen molar-refractivity contribution in [1.29, 1.82) is 0 Å². The summed E-state index contributed by atoms with van der Waals surface area (Å²) in [4.78, 5) is 0. The van der Waals surface area contributed by atoms with E-state index in [-0.39, 0.29) is 13.2 Å². The summed E-state index contributed by atoms with van der Waals surface area (Å²) in [6.07, 6.45) is 0. The molecule has 0 aliphatic carbocycles. The van der Waals surface area contributed by atoms with Crippen LogP contribution in [0, 0.1) is 6.92 Å². The van der Waals surface area contributed by atoms with Crippen LogP contribution >= 0.6 is 0 Å². The van der Waals surface area contributed by atoms with Gasteiger partial charge in [-0.1, -0.05) is 6.07 Å². The molecule has 0 radical (unpaired) electrons. The molecule has 0 fully saturated rings. The first kappa shape index (κ1) is 12.7. The van der Waals surface area contributed by atoms with Crippen LogP contribution in [0.15, 0.2) is 18.2 Å². The zero-order chi connectivity index (χ0) is 12.0. The molecule has 0 heterocycles. The van der Waals surface area contributed by atoms with Gasteiger partial charge in [0.25, 0.3) is 0 Å². The summed E-state index contributed by atoms with van der Waals surface area (Å²) >= 11 is 0. The van der Waals surface area contributed by atoms with E-state index in [0.29, 0.717) is 11.5 Å². The van der Waals surface area contributed by atoms with Gasteiger partial charge in [-0.15, -0.1) is 0 Å². The van der Waals surface area contributed by atoms with E-state index < -0.39 is 6.61 Å². The van der Waals surface area contributed by atoms with Crippen molar-refractivity contribution in [2.45, 2.75) is 13.5 Å². The summed E-state index contributed by atoms with van der Waals surface area (Å²) < 4.78 is 37.6. The number of halogens is 2. The van der Waals surface area contributed by atoms with Crippen molar-refractivity contribution >= 4 is 0 Å². The largest absolute Gasteiger partial charge is 0.496 e. The smallest absolute Gasteiger partial charge is 0.345 e. The zero-order valence-electron chi connectivity index (χ0n) is 9.20. The highest BCUT2D eigenvalue weighted by Gasteiger charge is 2.03. The van der Waals surface area contributed by atoms with Gasteiger partial charge >= 0.3 is 6.61 Å². The molecule has 1 aromatic rings. The first-order valence-electron chi connectivity index (χ1n) is 4.80. The number of rotatable bonds is 6. The first-order valence-corrected chi connectivity index (χ1v) is 4.80. The molecule has 0 aliphatic heterocycles. The molecule has 5 heteroatoms. The molecule has 0 N–H and O–H groups in total. The fraction of sp³-hybridized carbons (Fsp3) is 0.455. The van der Waals surface area contributed by atoms with E-state index in [4.69, 9.17) is 9.47 Å². The molecule has 0 unspecified atom stereocenters. The van der Waals surface area contributed by atoms with Crippen LogP contribution in [0.4, 0.5) is 8.78 Å². The Kier molecular flexibility index (Phi) is 4.98. The average Bonchev–Trinajstić information content (AvgIpc) is 2.26. The Bertz CT molecular complexity index is 329. The van der Waals surface area contributed by atoms with Crippen LogP contribution in [0.2, 0.25) is 0 Å². The van der Waals surface area contributed by atoms with E-state index in [1.54, 1.807) is 19.2 Å². The molecule has 16 heavy (non-hydrogen) atoms. The van der Waals surface area contributed by atoms with Crippen LogP contribution in [0.3, 0.4) is 0 Å². The molecule has 0 amide bonds. The van der Waals surface area contributed by atoms with Gasteiger partial charge in [-0.05, 0) is 18.6 Å². The minimum absolute atomic E-state index is 0.0799. The van der Waals surface area contributed by atoms with Gasteiger partial charge in [-0.2, -0.15) is 8.78 Å². The number of hydrogen-bond acceptors (Lipinski definition) is 3. The molecule has 0 aliphatic rings. The summed E-state index contributed by atoms with van der Waals surface area (Å²) in [6, 6.07) is 5.29. The number of alkyl halides is 2. The summed E-state index contributed by atoms with van der Waals surface area (Å²) in [5.74, 6) is 1.27. The molecule has 0 bridgehead atoms. The van der Waals surface area contributed by atoms with E-state index in [9.17, 15) is 8.78 Å². The van der Waals surface area contributed by atoms with E-state index in [2.05, 4.69) is 4.74 Å². The van der Waals surface area contributed by atoms with E-state index in [1.807, 2.05) is 13.0 Å². The van der Waals surface area contributed by atoms with Crippen molar-refractivity contribution in [3.05, 3.63) is 23.8 Å². The second kappa shape index (κ2) is 6.27. The molecular weight excluding hydrogens is 218 g/mol. The fourth-order valence-electron chi connectivity index (χ4n) is 1.19. The molecule has 90 valence electrons. The van der Waals surface area contributed by atoms with Crippen LogP contribution in [0.5, 0.6) is 11.5 Å². The molecule has 1 aromatic carbocycles. The van der Waals surface area contributed by atoms with Crippen molar-refractivity contribution in [2.24, 2.45) is 0 Å². The summed E-state index contributed by atoms with van der Waals surface area (Å²) in [7, 11) is 1.56. The maximum absolute atomic E-state index is 11.6. The molecular formula is C11H14F2O3. The van der Waals surface area contributed by atoms with Gasteiger partial charge in [-0.3, -0.25) is 0 Å². The topological polar surface area (TPSA) is 27.7 Å². The highest BCUT2D eigenvalue weighted by Crippen LogP contribution is 2.23. The maximum Gasteiger partial charge on any atom is 0.345 e. The predicted octanol–water partition coefficient (Wildman–Crippen LogP) is 2.62. The highest BCUT2D eigenvalue weighted by atomic mass is 19.3. The predicted molar refractivity (Wildman–Crippen MR) is 55.2 cm³/mol. The number of aryl methyl sites for hydroxylation is 1. The Morgan fingerprint density at radius 1 is 1.25 bits per heavy atom. The van der Waals surface area contributed by atoms with Gasteiger partial charge in [0.15, 0.2) is 0 Å². The molecule has 0 spiro atoms. The van der Waals surface area contributed by atoms with Gasteiger partial charge in [0.05, 0.1) is 13.7 Å². The Morgan fingerprint density at radius 2 is 2.00 bits per heavy atom. The fourth-order valence-corrected chi connectivity index (χ4v) is 1.19. The lowest BCUT2D eigenvalue weighted by Gasteiger charge is -2.09. The second-order valence-electron chi connectivity index (χ2n) is 3.11. The van der Waals surface area contributed by atoms with Gasteiger partial charge < -0.3 is 14.2 Å². The van der Waals surface area contributed by atoms with Gasteiger partial charge in [0.2, 0.25) is 0 Å². The Hall–Kier alpha value is -1.36. The average molecular weight is 232 g/mol. The van der Waals surface area contributed by atoms with E-state index in [0.717, 1.165) is 5.56 Å². The molecule has 0 saturated carbocycles. The normalized spacial score (nSPS) is 10.6. The molecule has 1 rings (SSSR count). The van der Waals surface area contributed by atoms with Gasteiger partial charge in [0.1, 0.15) is 18.1 Å². The van der Waals surface area contributed by atoms with Crippen molar-refractivity contribution in [1.82, 2.24) is 0 Å². The SMILES string of the molecule is COc1cc(OCCOC(F)F)ccc1C. The van der Waals surface area contributed by atoms with Crippen molar-refractivity contribution in [2.75, 3.05) is 20.3 Å². The third-order valence-corrected chi connectivity index (χ3v) is 1.98. The number of benzene rings is 1.